The van der Waals surface area contributed by atoms with E-state index < -0.39 is 0 Å². The third-order valence-electron chi connectivity index (χ3n) is 5.30. The number of thiocarbonyl (C=S) groups is 1. The quantitative estimate of drug-likeness (QED) is 0.781. The van der Waals surface area contributed by atoms with Crippen molar-refractivity contribution >= 4 is 34.9 Å². The Bertz CT molecular complexity index is 592. The normalized spacial score (nSPS) is 19.2. The highest BCUT2D eigenvalue weighted by Gasteiger charge is 2.20. The van der Waals surface area contributed by atoms with Gasteiger partial charge >= 0.3 is 0 Å². The number of nitrogens with zero attached hydrogens (tertiary/aromatic N) is 4. The van der Waals surface area contributed by atoms with Gasteiger partial charge < -0.3 is 20.4 Å². The van der Waals surface area contributed by atoms with E-state index in [4.69, 9.17) is 22.2 Å². The van der Waals surface area contributed by atoms with E-state index in [-0.39, 0.29) is 0 Å². The van der Waals surface area contributed by atoms with Crippen LogP contribution in [-0.4, -0.2) is 47.8 Å². The van der Waals surface area contributed by atoms with Gasteiger partial charge in [0.2, 0.25) is 5.95 Å². The number of anilines is 3. The summed E-state index contributed by atoms with van der Waals surface area (Å²) in [4.78, 5) is 14.4. The maximum atomic E-state index is 5.34. The van der Waals surface area contributed by atoms with Gasteiger partial charge in [0.25, 0.3) is 0 Å². The molecule has 0 bridgehead atoms. The number of piperidine rings is 1. The van der Waals surface area contributed by atoms with Crippen LogP contribution in [0.5, 0.6) is 0 Å². The molecule has 0 aromatic carbocycles. The van der Waals surface area contributed by atoms with E-state index in [0.29, 0.717) is 11.1 Å². The fourth-order valence-corrected chi connectivity index (χ4v) is 3.88. The van der Waals surface area contributed by atoms with Crippen molar-refractivity contribution in [3.8, 4) is 0 Å². The van der Waals surface area contributed by atoms with Crippen LogP contribution in [0.3, 0.4) is 0 Å². The van der Waals surface area contributed by atoms with E-state index in [0.717, 1.165) is 50.3 Å². The predicted molar refractivity (Wildman–Crippen MR) is 113 cm³/mol. The van der Waals surface area contributed by atoms with Crippen molar-refractivity contribution in [3.63, 3.8) is 0 Å². The summed E-state index contributed by atoms with van der Waals surface area (Å²) in [5, 5.41) is 6.87. The zero-order valence-electron chi connectivity index (χ0n) is 16.1. The van der Waals surface area contributed by atoms with Crippen LogP contribution in [0, 0.1) is 5.92 Å². The molecule has 1 aromatic heterocycles. The molecule has 7 heteroatoms. The lowest BCUT2D eigenvalue weighted by Gasteiger charge is -2.32. The van der Waals surface area contributed by atoms with Crippen molar-refractivity contribution in [2.75, 3.05) is 47.8 Å². The molecule has 2 aliphatic rings. The molecule has 0 saturated carbocycles. The Hall–Kier alpha value is -1.63. The summed E-state index contributed by atoms with van der Waals surface area (Å²) in [6.07, 6.45) is 7.55. The molecule has 26 heavy (non-hydrogen) atoms. The third-order valence-corrected chi connectivity index (χ3v) is 5.55. The molecule has 0 radical (unpaired) electrons. The third kappa shape index (κ3) is 5.19. The molecule has 2 saturated heterocycles. The summed E-state index contributed by atoms with van der Waals surface area (Å²) < 4.78 is 0. The molecule has 0 amide bonds. The Morgan fingerprint density at radius 3 is 2.19 bits per heavy atom. The molecule has 2 N–H and O–H groups in total. The fraction of sp³-hybridized carbons (Fsp3) is 0.737. The lowest BCUT2D eigenvalue weighted by Crippen LogP contribution is -2.35. The summed E-state index contributed by atoms with van der Waals surface area (Å²) in [5.41, 5.74) is 0. The van der Waals surface area contributed by atoms with Gasteiger partial charge in [-0.05, 0) is 50.7 Å². The van der Waals surface area contributed by atoms with Crippen LogP contribution < -0.4 is 20.4 Å². The van der Waals surface area contributed by atoms with Gasteiger partial charge in [-0.25, -0.2) is 0 Å². The topological polar surface area (TPSA) is 56.3 Å². The smallest absolute Gasteiger partial charge is 0.232 e. The number of hydrogen-bond donors (Lipinski definition) is 2. The summed E-state index contributed by atoms with van der Waals surface area (Å²) in [6, 6.07) is 2.17. The molecule has 2 aliphatic heterocycles. The Labute approximate surface area is 162 Å². The Morgan fingerprint density at radius 2 is 1.62 bits per heavy atom. The molecule has 144 valence electrons. The van der Waals surface area contributed by atoms with Gasteiger partial charge in [0.1, 0.15) is 11.6 Å². The van der Waals surface area contributed by atoms with Crippen molar-refractivity contribution in [2.45, 2.75) is 52.4 Å². The molecule has 2 fully saturated rings. The van der Waals surface area contributed by atoms with E-state index in [9.17, 15) is 0 Å². The lowest BCUT2D eigenvalue weighted by molar-refractivity contribution is 0.436. The molecule has 0 atom stereocenters. The second-order valence-corrected chi connectivity index (χ2v) is 7.87. The van der Waals surface area contributed by atoms with E-state index >= 15 is 0 Å². The van der Waals surface area contributed by atoms with Gasteiger partial charge in [0, 0.05) is 38.8 Å². The minimum atomic E-state index is 0.582. The minimum Gasteiger partial charge on any atom is -0.363 e. The van der Waals surface area contributed by atoms with Crippen molar-refractivity contribution in [3.05, 3.63) is 6.07 Å². The minimum absolute atomic E-state index is 0.582. The Balaban J connectivity index is 1.84. The van der Waals surface area contributed by atoms with Crippen LogP contribution in [0.1, 0.15) is 52.4 Å². The number of aromatic nitrogens is 2. The van der Waals surface area contributed by atoms with Gasteiger partial charge in [-0.2, -0.15) is 9.97 Å². The van der Waals surface area contributed by atoms with Crippen LogP contribution in [-0.2, 0) is 0 Å². The van der Waals surface area contributed by atoms with Crippen LogP contribution in [0.15, 0.2) is 6.07 Å². The lowest BCUT2D eigenvalue weighted by atomic mass is 9.99. The van der Waals surface area contributed by atoms with E-state index in [1.807, 2.05) is 6.92 Å². The molecule has 6 nitrogen and oxygen atoms in total. The van der Waals surface area contributed by atoms with Crippen molar-refractivity contribution < 1.29 is 0 Å². The predicted octanol–water partition coefficient (Wildman–Crippen LogP) is 3.40. The zero-order valence-corrected chi connectivity index (χ0v) is 16.9. The van der Waals surface area contributed by atoms with Crippen molar-refractivity contribution in [1.29, 1.82) is 0 Å². The Kier molecular flexibility index (Phi) is 6.88. The van der Waals surface area contributed by atoms with Gasteiger partial charge in [-0.3, -0.25) is 0 Å². The Morgan fingerprint density at radius 1 is 1.04 bits per heavy atom. The molecule has 1 aromatic rings. The molecular formula is C19H32N6S. The van der Waals surface area contributed by atoms with E-state index in [2.05, 4.69) is 33.4 Å². The standard InChI is InChI=1S/C19H32N6S/c1-3-20-19(26)23-18-21-16(24-10-6-4-5-7-11-24)14-17(22-18)25-12-8-15(2)9-13-25/h14-15H,3-13H2,1-2H3,(H2,20,21,22,23,26). The number of rotatable bonds is 4. The maximum Gasteiger partial charge on any atom is 0.232 e. The van der Waals surface area contributed by atoms with Gasteiger partial charge in [0.15, 0.2) is 5.11 Å². The summed E-state index contributed by atoms with van der Waals surface area (Å²) in [5.74, 6) is 3.45. The van der Waals surface area contributed by atoms with Crippen molar-refractivity contribution in [1.82, 2.24) is 15.3 Å². The second kappa shape index (κ2) is 9.35. The second-order valence-electron chi connectivity index (χ2n) is 7.46. The first-order chi connectivity index (χ1) is 12.7. The number of nitrogens with one attached hydrogen (secondary N) is 2. The van der Waals surface area contributed by atoms with Crippen LogP contribution >= 0.6 is 12.2 Å². The summed E-state index contributed by atoms with van der Waals surface area (Å²) >= 11 is 5.34. The molecule has 0 spiro atoms. The van der Waals surface area contributed by atoms with Crippen LogP contribution in [0.25, 0.3) is 0 Å². The first-order valence-electron chi connectivity index (χ1n) is 10.1. The highest BCUT2D eigenvalue weighted by molar-refractivity contribution is 7.80. The van der Waals surface area contributed by atoms with Gasteiger partial charge in [-0.15, -0.1) is 0 Å². The highest BCUT2D eigenvalue weighted by atomic mass is 32.1. The molecule has 3 rings (SSSR count). The highest BCUT2D eigenvalue weighted by Crippen LogP contribution is 2.27. The molecule has 3 heterocycles. The van der Waals surface area contributed by atoms with E-state index in [1.165, 1.54) is 38.5 Å². The largest absolute Gasteiger partial charge is 0.363 e. The average Bonchev–Trinajstić information content (AvgIpc) is 2.91. The average molecular weight is 377 g/mol. The molecule has 0 aliphatic carbocycles. The molecular weight excluding hydrogens is 344 g/mol. The van der Waals surface area contributed by atoms with Gasteiger partial charge in [0.05, 0.1) is 0 Å². The van der Waals surface area contributed by atoms with Gasteiger partial charge in [-0.1, -0.05) is 19.8 Å². The monoisotopic (exact) mass is 376 g/mol. The van der Waals surface area contributed by atoms with Crippen LogP contribution in [0.4, 0.5) is 17.6 Å². The summed E-state index contributed by atoms with van der Waals surface area (Å²) in [7, 11) is 0. The van der Waals surface area contributed by atoms with Crippen molar-refractivity contribution in [2.24, 2.45) is 5.92 Å². The van der Waals surface area contributed by atoms with E-state index in [1.54, 1.807) is 0 Å². The number of hydrogen-bond acceptors (Lipinski definition) is 5. The first kappa shape index (κ1) is 19.1. The first-order valence-corrected chi connectivity index (χ1v) is 10.5. The SMILES string of the molecule is CCNC(=S)Nc1nc(N2CCCCCC2)cc(N2CCC(C)CC2)n1. The molecule has 0 unspecified atom stereocenters. The summed E-state index contributed by atoms with van der Waals surface area (Å²) in [6.45, 7) is 9.43. The van der Waals surface area contributed by atoms with Crippen LogP contribution in [0.2, 0.25) is 0 Å². The fourth-order valence-electron chi connectivity index (χ4n) is 3.65. The maximum absolute atomic E-state index is 5.34. The zero-order chi connectivity index (χ0) is 18.4.